The van der Waals surface area contributed by atoms with Gasteiger partial charge >= 0.3 is 6.09 Å². The van der Waals surface area contributed by atoms with Crippen LogP contribution in [0.2, 0.25) is 0 Å². The lowest BCUT2D eigenvalue weighted by molar-refractivity contribution is -0.0107. The van der Waals surface area contributed by atoms with Crippen LogP contribution in [-0.2, 0) is 9.47 Å². The molecule has 0 aliphatic carbocycles. The molecule has 2 atom stereocenters. The molecule has 0 radical (unpaired) electrons. The molecule has 0 aromatic rings. The second-order valence-electron chi connectivity index (χ2n) is 4.79. The van der Waals surface area contributed by atoms with Crippen LogP contribution in [0.3, 0.4) is 0 Å². The lowest BCUT2D eigenvalue weighted by Gasteiger charge is -2.29. The Balaban J connectivity index is 2.06. The van der Waals surface area contributed by atoms with Crippen molar-refractivity contribution < 1.29 is 14.3 Å². The number of nitrogens with zero attached hydrogens (tertiary/aromatic N) is 1. The van der Waals surface area contributed by atoms with Crippen molar-refractivity contribution in [2.75, 3.05) is 26.7 Å². The maximum absolute atomic E-state index is 11.9. The van der Waals surface area contributed by atoms with E-state index in [9.17, 15) is 4.79 Å². The van der Waals surface area contributed by atoms with E-state index in [2.05, 4.69) is 5.32 Å². The van der Waals surface area contributed by atoms with Gasteiger partial charge in [-0.3, -0.25) is 0 Å². The van der Waals surface area contributed by atoms with Crippen molar-refractivity contribution in [3.05, 3.63) is 0 Å². The highest BCUT2D eigenvalue weighted by atomic mass is 16.6. The van der Waals surface area contributed by atoms with E-state index in [1.54, 1.807) is 12.0 Å². The third kappa shape index (κ3) is 1.78. The van der Waals surface area contributed by atoms with Gasteiger partial charge in [-0.1, -0.05) is 0 Å². The molecule has 2 aliphatic rings. The Hall–Kier alpha value is -0.810. The van der Waals surface area contributed by atoms with Crippen LogP contribution in [-0.4, -0.2) is 55.5 Å². The molecule has 5 nitrogen and oxygen atoms in total. The van der Waals surface area contributed by atoms with E-state index in [1.165, 1.54) is 0 Å². The predicted molar refractivity (Wildman–Crippen MR) is 59.3 cm³/mol. The van der Waals surface area contributed by atoms with E-state index in [1.807, 2.05) is 13.8 Å². The number of carbonyl (C=O) groups excluding carboxylic acids is 1. The molecular weight excluding hydrogens is 208 g/mol. The van der Waals surface area contributed by atoms with Gasteiger partial charge in [0.1, 0.15) is 5.60 Å². The predicted octanol–water partition coefficient (Wildman–Crippen LogP) is 0.594. The Morgan fingerprint density at radius 1 is 1.56 bits per heavy atom. The normalized spacial score (nSPS) is 33.2. The molecule has 0 saturated carbocycles. The first-order valence-electron chi connectivity index (χ1n) is 5.82. The van der Waals surface area contributed by atoms with Gasteiger partial charge in [0.05, 0.1) is 12.1 Å². The third-order valence-electron chi connectivity index (χ3n) is 3.50. The Kier molecular flexibility index (Phi) is 3.08. The maximum Gasteiger partial charge on any atom is 0.410 e. The molecule has 92 valence electrons. The van der Waals surface area contributed by atoms with Gasteiger partial charge in [0.15, 0.2) is 0 Å². The van der Waals surface area contributed by atoms with Crippen LogP contribution in [0.15, 0.2) is 0 Å². The quantitative estimate of drug-likeness (QED) is 0.751. The Bertz CT molecular complexity index is 282. The van der Waals surface area contributed by atoms with E-state index in [4.69, 9.17) is 9.47 Å². The van der Waals surface area contributed by atoms with Crippen molar-refractivity contribution in [3.63, 3.8) is 0 Å². The molecule has 1 N–H and O–H groups in total. The summed E-state index contributed by atoms with van der Waals surface area (Å²) in [7, 11) is 1.72. The summed E-state index contributed by atoms with van der Waals surface area (Å²) in [6.45, 7) is 6.07. The largest absolute Gasteiger partial charge is 0.447 e. The summed E-state index contributed by atoms with van der Waals surface area (Å²) in [5, 5.41) is 3.28. The first-order valence-corrected chi connectivity index (χ1v) is 5.82. The molecule has 5 heteroatoms. The van der Waals surface area contributed by atoms with Crippen LogP contribution >= 0.6 is 0 Å². The molecule has 2 rings (SSSR count). The molecule has 1 amide bonds. The lowest BCUT2D eigenvalue weighted by atomic mass is 9.98. The zero-order valence-electron chi connectivity index (χ0n) is 10.2. The highest BCUT2D eigenvalue weighted by molar-refractivity contribution is 5.69. The minimum absolute atomic E-state index is 0.0700. The number of fused-ring (bicyclic) bond motifs is 1. The molecule has 0 aromatic carbocycles. The van der Waals surface area contributed by atoms with E-state index in [0.717, 1.165) is 26.1 Å². The molecule has 0 spiro atoms. The first-order chi connectivity index (χ1) is 7.59. The van der Waals surface area contributed by atoms with E-state index in [-0.39, 0.29) is 23.8 Å². The van der Waals surface area contributed by atoms with Crippen LogP contribution in [0.5, 0.6) is 0 Å². The van der Waals surface area contributed by atoms with Crippen LogP contribution in [0.1, 0.15) is 20.3 Å². The first kappa shape index (κ1) is 11.7. The van der Waals surface area contributed by atoms with Gasteiger partial charge in [0.25, 0.3) is 0 Å². The number of hydrogen-bond donors (Lipinski definition) is 1. The number of nitrogens with one attached hydrogen (secondary N) is 1. The van der Waals surface area contributed by atoms with Crippen molar-refractivity contribution in [2.24, 2.45) is 0 Å². The molecule has 0 unspecified atom stereocenters. The van der Waals surface area contributed by atoms with Crippen molar-refractivity contribution >= 4 is 6.09 Å². The number of likely N-dealkylation sites (tertiary alicyclic amines) is 1. The summed E-state index contributed by atoms with van der Waals surface area (Å²) in [6.07, 6.45) is 0.594. The van der Waals surface area contributed by atoms with E-state index >= 15 is 0 Å². The zero-order chi connectivity index (χ0) is 11.8. The minimum atomic E-state index is -0.220. The summed E-state index contributed by atoms with van der Waals surface area (Å²) in [4.78, 5) is 13.7. The Morgan fingerprint density at radius 2 is 2.31 bits per heavy atom. The topological polar surface area (TPSA) is 50.8 Å². The molecule has 0 aromatic heterocycles. The summed E-state index contributed by atoms with van der Waals surface area (Å²) in [5.41, 5.74) is -0.198. The lowest BCUT2D eigenvalue weighted by Crippen LogP contribution is -2.47. The highest BCUT2D eigenvalue weighted by Gasteiger charge is 2.53. The second-order valence-corrected chi connectivity index (χ2v) is 4.79. The molecule has 2 heterocycles. The smallest absolute Gasteiger partial charge is 0.410 e. The van der Waals surface area contributed by atoms with E-state index in [0.29, 0.717) is 0 Å². The average Bonchev–Trinajstić information content (AvgIpc) is 2.73. The van der Waals surface area contributed by atoms with Crippen LogP contribution in [0.4, 0.5) is 4.79 Å². The number of methoxy groups -OCH3 is 1. The van der Waals surface area contributed by atoms with Crippen molar-refractivity contribution in [3.8, 4) is 0 Å². The standard InChI is InChI=1S/C11H20N2O3/c1-8(2)16-10(14)13-5-4-11(15-3)7-12-6-9(11)13/h8-9,12H,4-7H2,1-3H3/t9-,11-/m1/s1. The average molecular weight is 228 g/mol. The summed E-state index contributed by atoms with van der Waals surface area (Å²) in [6, 6.07) is 0.115. The number of hydrogen-bond acceptors (Lipinski definition) is 4. The van der Waals surface area contributed by atoms with Crippen LogP contribution < -0.4 is 5.32 Å². The van der Waals surface area contributed by atoms with Gasteiger partial charge in [-0.05, 0) is 20.3 Å². The number of ether oxygens (including phenoxy) is 2. The van der Waals surface area contributed by atoms with Crippen LogP contribution in [0, 0.1) is 0 Å². The molecule has 2 saturated heterocycles. The van der Waals surface area contributed by atoms with Gasteiger partial charge in [-0.25, -0.2) is 4.79 Å². The molecule has 2 aliphatic heterocycles. The fourth-order valence-electron chi connectivity index (χ4n) is 2.64. The maximum atomic E-state index is 11.9. The zero-order valence-corrected chi connectivity index (χ0v) is 10.2. The van der Waals surface area contributed by atoms with Gasteiger partial charge in [0.2, 0.25) is 0 Å². The van der Waals surface area contributed by atoms with Crippen LogP contribution in [0.25, 0.3) is 0 Å². The van der Waals surface area contributed by atoms with Crippen molar-refractivity contribution in [1.82, 2.24) is 10.2 Å². The monoisotopic (exact) mass is 228 g/mol. The SMILES string of the molecule is CO[C@@]12CCN(C(=O)OC(C)C)[C@@H]1CNC2. The number of rotatable bonds is 2. The van der Waals surface area contributed by atoms with Gasteiger partial charge < -0.3 is 19.7 Å². The summed E-state index contributed by atoms with van der Waals surface area (Å²) < 4.78 is 10.8. The third-order valence-corrected chi connectivity index (χ3v) is 3.50. The van der Waals surface area contributed by atoms with Gasteiger partial charge in [0, 0.05) is 26.7 Å². The molecule has 2 fully saturated rings. The highest BCUT2D eigenvalue weighted by Crippen LogP contribution is 2.34. The molecular formula is C11H20N2O3. The Labute approximate surface area is 96.1 Å². The number of amides is 1. The fraction of sp³-hybridized carbons (Fsp3) is 0.909. The fourth-order valence-corrected chi connectivity index (χ4v) is 2.64. The molecule has 0 bridgehead atoms. The molecule has 16 heavy (non-hydrogen) atoms. The van der Waals surface area contributed by atoms with Crippen molar-refractivity contribution in [1.29, 1.82) is 0 Å². The number of carbonyl (C=O) groups is 1. The minimum Gasteiger partial charge on any atom is -0.447 e. The van der Waals surface area contributed by atoms with E-state index < -0.39 is 0 Å². The Morgan fingerprint density at radius 3 is 2.94 bits per heavy atom. The van der Waals surface area contributed by atoms with Crippen molar-refractivity contribution in [2.45, 2.75) is 38.0 Å². The van der Waals surface area contributed by atoms with Gasteiger partial charge in [-0.15, -0.1) is 0 Å². The second kappa shape index (κ2) is 4.22. The summed E-state index contributed by atoms with van der Waals surface area (Å²) in [5.74, 6) is 0. The van der Waals surface area contributed by atoms with Gasteiger partial charge in [-0.2, -0.15) is 0 Å². The summed E-state index contributed by atoms with van der Waals surface area (Å²) >= 11 is 0.